The van der Waals surface area contributed by atoms with Crippen molar-refractivity contribution in [1.29, 1.82) is 0 Å². The summed E-state index contributed by atoms with van der Waals surface area (Å²) >= 11 is 0. The van der Waals surface area contributed by atoms with Gasteiger partial charge < -0.3 is 0 Å². The highest BCUT2D eigenvalue weighted by molar-refractivity contribution is 6.16. The van der Waals surface area contributed by atoms with Crippen LogP contribution in [-0.2, 0) is 0 Å². The van der Waals surface area contributed by atoms with Gasteiger partial charge in [0.15, 0.2) is 0 Å². The van der Waals surface area contributed by atoms with E-state index < -0.39 is 0 Å². The molecule has 0 amide bonds. The fourth-order valence-electron chi connectivity index (χ4n) is 2.53. The van der Waals surface area contributed by atoms with Crippen molar-refractivity contribution >= 4 is 45.9 Å². The van der Waals surface area contributed by atoms with Crippen molar-refractivity contribution in [3.05, 3.63) is 72.8 Å². The van der Waals surface area contributed by atoms with Crippen LogP contribution >= 0.6 is 0 Å². The first kappa shape index (κ1) is 15.7. The van der Waals surface area contributed by atoms with Crippen molar-refractivity contribution in [3.8, 4) is 0 Å². The zero-order valence-corrected chi connectivity index (χ0v) is 13.9. The third-order valence-corrected chi connectivity index (χ3v) is 3.77. The van der Waals surface area contributed by atoms with Gasteiger partial charge in [-0.25, -0.2) is 9.97 Å². The first-order valence-electron chi connectivity index (χ1n) is 8.17. The molecule has 0 unspecified atom stereocenters. The Kier molecular flexibility index (Phi) is 4.47. The Balaban J connectivity index is 1.34. The van der Waals surface area contributed by atoms with E-state index in [1.54, 1.807) is 12.4 Å². The smallest absolute Gasteiger partial charge is 0.146 e. The first-order valence-corrected chi connectivity index (χ1v) is 8.17. The molecule has 0 spiro atoms. The van der Waals surface area contributed by atoms with Gasteiger partial charge in [-0.3, -0.25) is 10.9 Å². The molecule has 2 aromatic carbocycles. The van der Waals surface area contributed by atoms with Gasteiger partial charge in [-0.1, -0.05) is 36.4 Å². The maximum absolute atomic E-state index is 4.47. The molecular formula is C20H16N6. The van der Waals surface area contributed by atoms with Crippen LogP contribution in [0.25, 0.3) is 21.8 Å². The normalized spacial score (nSPS) is 11.5. The second-order valence-electron chi connectivity index (χ2n) is 5.56. The molecule has 0 bridgehead atoms. The van der Waals surface area contributed by atoms with Crippen LogP contribution in [0.3, 0.4) is 0 Å². The van der Waals surface area contributed by atoms with Crippen LogP contribution in [0.2, 0.25) is 0 Å². The second kappa shape index (κ2) is 7.40. The van der Waals surface area contributed by atoms with Crippen LogP contribution in [0, 0.1) is 0 Å². The number of nitrogens with zero attached hydrogens (tertiary/aromatic N) is 4. The predicted octanol–water partition coefficient (Wildman–Crippen LogP) is 4.28. The van der Waals surface area contributed by atoms with Crippen molar-refractivity contribution in [2.24, 2.45) is 10.2 Å². The van der Waals surface area contributed by atoms with E-state index in [-0.39, 0.29) is 0 Å². The number of fused-ring (bicyclic) bond motifs is 2. The van der Waals surface area contributed by atoms with E-state index in [9.17, 15) is 0 Å². The first-order chi connectivity index (χ1) is 12.9. The minimum atomic E-state index is 0.678. The molecule has 2 aromatic heterocycles. The van der Waals surface area contributed by atoms with Crippen molar-refractivity contribution < 1.29 is 0 Å². The van der Waals surface area contributed by atoms with Crippen LogP contribution in [0.1, 0.15) is 0 Å². The van der Waals surface area contributed by atoms with Crippen LogP contribution in [-0.4, -0.2) is 22.4 Å². The summed E-state index contributed by atoms with van der Waals surface area (Å²) in [4.78, 5) is 8.95. The van der Waals surface area contributed by atoms with E-state index in [1.165, 1.54) is 0 Å². The lowest BCUT2D eigenvalue weighted by Crippen LogP contribution is -1.96. The molecule has 2 N–H and O–H groups in total. The fourth-order valence-corrected chi connectivity index (χ4v) is 2.53. The number of para-hydroxylation sites is 2. The van der Waals surface area contributed by atoms with Crippen molar-refractivity contribution in [1.82, 2.24) is 9.97 Å². The summed E-state index contributed by atoms with van der Waals surface area (Å²) < 4.78 is 0. The SMILES string of the molecule is C(/C=N/Nc1ccc2ccccc2n1)=N\Nc1ccc2ccccc2n1. The molecule has 0 aliphatic heterocycles. The van der Waals surface area contributed by atoms with Gasteiger partial charge in [0.2, 0.25) is 0 Å². The Morgan fingerprint density at radius 2 is 1.04 bits per heavy atom. The topological polar surface area (TPSA) is 74.6 Å². The monoisotopic (exact) mass is 340 g/mol. The van der Waals surface area contributed by atoms with Gasteiger partial charge >= 0.3 is 0 Å². The fraction of sp³-hybridized carbons (Fsp3) is 0. The van der Waals surface area contributed by atoms with Crippen molar-refractivity contribution in [3.63, 3.8) is 0 Å². The highest BCUT2D eigenvalue weighted by Crippen LogP contribution is 2.15. The van der Waals surface area contributed by atoms with E-state index in [2.05, 4.69) is 31.0 Å². The zero-order chi connectivity index (χ0) is 17.6. The number of hydrogen-bond donors (Lipinski definition) is 2. The lowest BCUT2D eigenvalue weighted by Gasteiger charge is -2.01. The third kappa shape index (κ3) is 3.64. The zero-order valence-electron chi connectivity index (χ0n) is 13.9. The molecule has 0 saturated heterocycles. The Hall–Kier alpha value is -3.80. The molecule has 0 radical (unpaired) electrons. The minimum absolute atomic E-state index is 0.678. The summed E-state index contributed by atoms with van der Waals surface area (Å²) in [6.45, 7) is 0. The summed E-state index contributed by atoms with van der Waals surface area (Å²) in [5.41, 5.74) is 7.61. The number of anilines is 2. The molecule has 0 aliphatic rings. The lowest BCUT2D eigenvalue weighted by molar-refractivity contribution is 1.26. The van der Waals surface area contributed by atoms with Gasteiger partial charge in [0, 0.05) is 10.8 Å². The van der Waals surface area contributed by atoms with E-state index in [1.807, 2.05) is 72.8 Å². The number of rotatable bonds is 5. The van der Waals surface area contributed by atoms with E-state index >= 15 is 0 Å². The highest BCUT2D eigenvalue weighted by atomic mass is 15.3. The molecule has 126 valence electrons. The number of benzene rings is 2. The van der Waals surface area contributed by atoms with Crippen LogP contribution < -0.4 is 10.9 Å². The minimum Gasteiger partial charge on any atom is -0.261 e. The van der Waals surface area contributed by atoms with Crippen molar-refractivity contribution in [2.45, 2.75) is 0 Å². The molecule has 4 aromatic rings. The maximum Gasteiger partial charge on any atom is 0.146 e. The van der Waals surface area contributed by atoms with Crippen molar-refractivity contribution in [2.75, 3.05) is 10.9 Å². The average molecular weight is 340 g/mol. The van der Waals surface area contributed by atoms with Gasteiger partial charge in [-0.2, -0.15) is 10.2 Å². The standard InChI is InChI=1S/C20H16N6/c1-3-7-17-15(5-1)9-11-19(23-17)25-21-13-14-22-26-20-12-10-16-6-2-4-8-18(16)24-20/h1-14H,(H,23,25)(H,24,26)/b21-13+,22-14+. The Bertz CT molecular complexity index is 1010. The van der Waals surface area contributed by atoms with E-state index in [0.717, 1.165) is 21.8 Å². The number of aromatic nitrogens is 2. The molecule has 6 nitrogen and oxygen atoms in total. The lowest BCUT2D eigenvalue weighted by atomic mass is 10.2. The Morgan fingerprint density at radius 3 is 1.54 bits per heavy atom. The average Bonchev–Trinajstić information content (AvgIpc) is 2.70. The van der Waals surface area contributed by atoms with Crippen LogP contribution in [0.5, 0.6) is 0 Å². The van der Waals surface area contributed by atoms with Gasteiger partial charge in [-0.15, -0.1) is 0 Å². The Morgan fingerprint density at radius 1 is 0.577 bits per heavy atom. The van der Waals surface area contributed by atoms with Gasteiger partial charge in [0.1, 0.15) is 11.6 Å². The quantitative estimate of drug-likeness (QED) is 0.420. The third-order valence-electron chi connectivity index (χ3n) is 3.77. The highest BCUT2D eigenvalue weighted by Gasteiger charge is 1.96. The molecule has 0 aliphatic carbocycles. The maximum atomic E-state index is 4.47. The molecule has 0 saturated carbocycles. The molecule has 2 heterocycles. The molecular weight excluding hydrogens is 324 g/mol. The predicted molar refractivity (Wildman–Crippen MR) is 108 cm³/mol. The second-order valence-corrected chi connectivity index (χ2v) is 5.56. The van der Waals surface area contributed by atoms with E-state index in [0.29, 0.717) is 11.6 Å². The summed E-state index contributed by atoms with van der Waals surface area (Å²) in [6, 6.07) is 23.6. The number of hydrogen-bond acceptors (Lipinski definition) is 6. The van der Waals surface area contributed by atoms with Crippen LogP contribution in [0.4, 0.5) is 11.6 Å². The summed E-state index contributed by atoms with van der Waals surface area (Å²) in [7, 11) is 0. The molecule has 4 rings (SSSR count). The number of hydrazone groups is 2. The van der Waals surface area contributed by atoms with E-state index in [4.69, 9.17) is 0 Å². The molecule has 6 heteroatoms. The van der Waals surface area contributed by atoms with Gasteiger partial charge in [0.25, 0.3) is 0 Å². The van der Waals surface area contributed by atoms with Crippen LogP contribution in [0.15, 0.2) is 83.0 Å². The molecule has 26 heavy (non-hydrogen) atoms. The molecule has 0 atom stereocenters. The van der Waals surface area contributed by atoms with Gasteiger partial charge in [0.05, 0.1) is 23.5 Å². The summed E-state index contributed by atoms with van der Waals surface area (Å²) in [6.07, 6.45) is 3.09. The number of pyridine rings is 2. The van der Waals surface area contributed by atoms with Gasteiger partial charge in [-0.05, 0) is 36.4 Å². The molecule has 0 fully saturated rings. The largest absolute Gasteiger partial charge is 0.261 e. The summed E-state index contributed by atoms with van der Waals surface area (Å²) in [5, 5.41) is 10.4. The Labute approximate surface area is 150 Å². The number of nitrogens with one attached hydrogen (secondary N) is 2. The summed E-state index contributed by atoms with van der Waals surface area (Å²) in [5.74, 6) is 1.36.